The Hall–Kier alpha value is -2.49. The molecule has 176 valence electrons. The summed E-state index contributed by atoms with van der Waals surface area (Å²) in [7, 11) is -4.28. The number of nitrogens with zero attached hydrogens (tertiary/aromatic N) is 2. The minimum atomic E-state index is -4.28. The molecule has 1 atom stereocenters. The van der Waals surface area contributed by atoms with E-state index in [1.807, 2.05) is 0 Å². The summed E-state index contributed by atoms with van der Waals surface area (Å²) in [4.78, 5) is 11.6. The Bertz CT molecular complexity index is 970. The third-order valence-electron chi connectivity index (χ3n) is 4.97. The fourth-order valence-electron chi connectivity index (χ4n) is 3.88. The summed E-state index contributed by atoms with van der Waals surface area (Å²) >= 11 is 0. The highest BCUT2D eigenvalue weighted by molar-refractivity contribution is 7.93. The molecule has 0 saturated heterocycles. The van der Waals surface area contributed by atoms with Crippen LogP contribution >= 0.6 is 0 Å². The normalized spacial score (nSPS) is 13.0. The molecule has 9 heteroatoms. The Labute approximate surface area is 190 Å². The number of hydrogen-bond donors (Lipinski definition) is 2. The highest BCUT2D eigenvalue weighted by Gasteiger charge is 2.33. The smallest absolute Gasteiger partial charge is 0.289 e. The van der Waals surface area contributed by atoms with Crippen LogP contribution in [0.5, 0.6) is 0 Å². The zero-order valence-corrected chi connectivity index (χ0v) is 20.0. The van der Waals surface area contributed by atoms with Crippen molar-refractivity contribution in [2.45, 2.75) is 38.7 Å². The van der Waals surface area contributed by atoms with Crippen molar-refractivity contribution in [3.63, 3.8) is 0 Å². The lowest BCUT2D eigenvalue weighted by Gasteiger charge is -2.29. The molecular formula is C23H34N3O5S+. The van der Waals surface area contributed by atoms with E-state index in [2.05, 4.69) is 27.7 Å². The Morgan fingerprint density at radius 3 is 2.00 bits per heavy atom. The molecule has 32 heavy (non-hydrogen) atoms. The van der Waals surface area contributed by atoms with Crippen LogP contribution in [0.25, 0.3) is 0 Å². The maximum atomic E-state index is 13.5. The van der Waals surface area contributed by atoms with Gasteiger partial charge in [0.1, 0.15) is 12.6 Å². The second-order valence-electron chi connectivity index (χ2n) is 8.90. The van der Waals surface area contributed by atoms with Gasteiger partial charge < -0.3 is 10.0 Å². The highest BCUT2D eigenvalue weighted by atomic mass is 32.2. The first-order chi connectivity index (χ1) is 15.0. The van der Waals surface area contributed by atoms with Crippen LogP contribution in [0.4, 0.5) is 11.4 Å². The molecule has 2 N–H and O–H groups in total. The molecule has 8 nitrogen and oxygen atoms in total. The Morgan fingerprint density at radius 1 is 0.938 bits per heavy atom. The van der Waals surface area contributed by atoms with Gasteiger partial charge in [-0.15, -0.1) is 0 Å². The van der Waals surface area contributed by atoms with Gasteiger partial charge in [0.15, 0.2) is 4.90 Å². The first kappa shape index (κ1) is 25.8. The van der Waals surface area contributed by atoms with Crippen LogP contribution in [0.2, 0.25) is 0 Å². The molecule has 0 fully saturated rings. The van der Waals surface area contributed by atoms with E-state index in [0.29, 0.717) is 24.1 Å². The molecular weight excluding hydrogens is 430 g/mol. The van der Waals surface area contributed by atoms with Gasteiger partial charge in [0.2, 0.25) is 0 Å². The Morgan fingerprint density at radius 2 is 1.47 bits per heavy atom. The van der Waals surface area contributed by atoms with Crippen molar-refractivity contribution < 1.29 is 23.3 Å². The molecule has 2 rings (SSSR count). The number of nitro groups is 1. The second kappa shape index (κ2) is 11.4. The zero-order valence-electron chi connectivity index (χ0n) is 19.1. The predicted octanol–water partition coefficient (Wildman–Crippen LogP) is 2.35. The van der Waals surface area contributed by atoms with Gasteiger partial charge in [-0.05, 0) is 18.2 Å². The average molecular weight is 465 g/mol. The van der Waals surface area contributed by atoms with Crippen molar-refractivity contribution in [1.82, 2.24) is 0 Å². The number of nitro benzene ring substituents is 1. The number of nitrogens with one attached hydrogen (secondary N) is 1. The molecule has 0 aromatic heterocycles. The molecule has 0 aliphatic heterocycles. The molecule has 2 aromatic carbocycles. The molecule has 0 aliphatic carbocycles. The fourth-order valence-corrected chi connectivity index (χ4v) is 5.54. The molecule has 0 spiro atoms. The van der Waals surface area contributed by atoms with Crippen molar-refractivity contribution in [1.29, 1.82) is 0 Å². The molecule has 0 heterocycles. The topological polar surface area (TPSA) is 105 Å². The van der Waals surface area contributed by atoms with E-state index >= 15 is 0 Å². The summed E-state index contributed by atoms with van der Waals surface area (Å²) in [5, 5.41) is 22.4. The molecule has 0 aliphatic rings. The molecule has 0 radical (unpaired) electrons. The van der Waals surface area contributed by atoms with Crippen molar-refractivity contribution in [3.8, 4) is 0 Å². The highest BCUT2D eigenvalue weighted by Crippen LogP contribution is 2.29. The van der Waals surface area contributed by atoms with Crippen LogP contribution in [0, 0.1) is 22.0 Å². The standard InChI is InChI=1S/C23H33N3O5S/c1-18(2)14-24(15-19(3)4)16-21(27)17-25(20-10-6-5-7-11-20)32(30,31)23-13-9-8-12-22(23)26(28)29/h5-13,18-19,21,27H,14-17H2,1-4H3/p+1/t21-/m0/s1. The van der Waals surface area contributed by atoms with Crippen molar-refractivity contribution in [3.05, 3.63) is 64.7 Å². The number of aliphatic hydroxyl groups excluding tert-OH is 1. The lowest BCUT2D eigenvalue weighted by molar-refractivity contribution is -0.909. The summed E-state index contributed by atoms with van der Waals surface area (Å²) < 4.78 is 28.1. The van der Waals surface area contributed by atoms with E-state index in [0.717, 1.165) is 17.4 Å². The minimum Gasteiger partial charge on any atom is -0.385 e. The summed E-state index contributed by atoms with van der Waals surface area (Å²) in [5.41, 5.74) is -0.145. The van der Waals surface area contributed by atoms with Gasteiger partial charge in [-0.2, -0.15) is 0 Å². The summed E-state index contributed by atoms with van der Waals surface area (Å²) in [6, 6.07) is 13.7. The SMILES string of the molecule is CC(C)C[NH+](CC(C)C)C[C@H](O)CN(c1ccccc1)S(=O)(=O)c1ccccc1[N+](=O)[O-]. The van der Waals surface area contributed by atoms with Crippen LogP contribution in [0.15, 0.2) is 59.5 Å². The van der Waals surface area contributed by atoms with Crippen LogP contribution in [-0.2, 0) is 10.0 Å². The van der Waals surface area contributed by atoms with Crippen LogP contribution < -0.4 is 9.21 Å². The van der Waals surface area contributed by atoms with Gasteiger partial charge in [0, 0.05) is 17.9 Å². The van der Waals surface area contributed by atoms with E-state index in [1.165, 1.54) is 29.2 Å². The number of rotatable bonds is 12. The number of anilines is 1. The molecule has 2 aromatic rings. The van der Waals surface area contributed by atoms with E-state index in [9.17, 15) is 23.6 Å². The number of hydrogen-bond acceptors (Lipinski definition) is 5. The predicted molar refractivity (Wildman–Crippen MR) is 125 cm³/mol. The number of aliphatic hydroxyl groups is 1. The Balaban J connectivity index is 2.39. The van der Waals surface area contributed by atoms with E-state index in [1.54, 1.807) is 30.3 Å². The van der Waals surface area contributed by atoms with Gasteiger partial charge in [-0.1, -0.05) is 58.0 Å². The van der Waals surface area contributed by atoms with Gasteiger partial charge in [0.05, 0.1) is 30.2 Å². The lowest BCUT2D eigenvalue weighted by Crippen LogP contribution is -3.14. The summed E-state index contributed by atoms with van der Waals surface area (Å²) in [5.74, 6) is 0.855. The van der Waals surface area contributed by atoms with E-state index in [4.69, 9.17) is 0 Å². The van der Waals surface area contributed by atoms with Crippen LogP contribution in [-0.4, -0.2) is 50.7 Å². The minimum absolute atomic E-state index is 0.196. The summed E-state index contributed by atoms with van der Waals surface area (Å²) in [6.45, 7) is 10.4. The fraction of sp³-hybridized carbons (Fsp3) is 0.478. The monoisotopic (exact) mass is 464 g/mol. The van der Waals surface area contributed by atoms with Gasteiger partial charge in [0.25, 0.3) is 15.7 Å². The molecule has 0 saturated carbocycles. The molecule has 0 bridgehead atoms. The second-order valence-corrected chi connectivity index (χ2v) is 10.7. The van der Waals surface area contributed by atoms with Crippen molar-refractivity contribution >= 4 is 21.4 Å². The van der Waals surface area contributed by atoms with Gasteiger partial charge in [-0.3, -0.25) is 14.4 Å². The van der Waals surface area contributed by atoms with Gasteiger partial charge >= 0.3 is 0 Å². The largest absolute Gasteiger partial charge is 0.385 e. The third kappa shape index (κ3) is 7.01. The van der Waals surface area contributed by atoms with Crippen molar-refractivity contribution in [2.75, 3.05) is 30.5 Å². The third-order valence-corrected chi connectivity index (χ3v) is 6.81. The first-order valence-corrected chi connectivity index (χ1v) is 12.3. The number of quaternary nitrogens is 1. The van der Waals surface area contributed by atoms with Crippen molar-refractivity contribution in [2.24, 2.45) is 11.8 Å². The summed E-state index contributed by atoms with van der Waals surface area (Å²) in [6.07, 6.45) is -0.944. The number of benzene rings is 2. The zero-order chi connectivity index (χ0) is 23.9. The van der Waals surface area contributed by atoms with Crippen LogP contribution in [0.1, 0.15) is 27.7 Å². The lowest BCUT2D eigenvalue weighted by atomic mass is 10.1. The first-order valence-electron chi connectivity index (χ1n) is 10.8. The maximum absolute atomic E-state index is 13.5. The van der Waals surface area contributed by atoms with Crippen LogP contribution in [0.3, 0.4) is 0 Å². The quantitative estimate of drug-likeness (QED) is 0.371. The molecule has 0 amide bonds. The number of sulfonamides is 1. The average Bonchev–Trinajstić information content (AvgIpc) is 2.71. The molecule has 0 unspecified atom stereocenters. The maximum Gasteiger partial charge on any atom is 0.289 e. The Kier molecular flexibility index (Phi) is 9.18. The van der Waals surface area contributed by atoms with E-state index in [-0.39, 0.29) is 6.54 Å². The van der Waals surface area contributed by atoms with Gasteiger partial charge in [-0.25, -0.2) is 8.42 Å². The van der Waals surface area contributed by atoms with E-state index < -0.39 is 31.6 Å². The number of para-hydroxylation sites is 2.